The smallest absolute Gasteiger partial charge is 0.219 e. The number of hydrogen-bond acceptors (Lipinski definition) is 8. The summed E-state index contributed by atoms with van der Waals surface area (Å²) in [6.45, 7) is -0.434. The average molecular weight is 259 g/mol. The molecule has 0 radical (unpaired) electrons. The molecule has 1 aliphatic heterocycles. The third-order valence-corrected chi connectivity index (χ3v) is 2.62. The van der Waals surface area contributed by atoms with E-state index >= 15 is 0 Å². The number of aromatic nitrogens is 3. The van der Waals surface area contributed by atoms with Gasteiger partial charge in [-0.1, -0.05) is 5.16 Å². The average Bonchev–Trinajstić information content (AvgIpc) is 2.96. The largest absolute Gasteiger partial charge is 0.409 e. The Morgan fingerprint density at radius 1 is 1.50 bits per heavy atom. The van der Waals surface area contributed by atoms with Crippen LogP contribution in [-0.2, 0) is 4.74 Å². The standard InChI is InChI=1S/C8H13N5O5/c9-6(12-17)7-10-2-13(11-7)8-5(16)4(15)3(1-14)18-8/h2-5,8,14-17H,1H2,(H2,9,12). The molecule has 0 amide bonds. The number of aliphatic hydroxyl groups excluding tert-OH is 3. The van der Waals surface area contributed by atoms with Gasteiger partial charge in [0.15, 0.2) is 6.23 Å². The molecule has 4 atom stereocenters. The van der Waals surface area contributed by atoms with Crippen LogP contribution in [0.1, 0.15) is 12.1 Å². The van der Waals surface area contributed by atoms with Crippen LogP contribution in [-0.4, -0.2) is 66.0 Å². The number of nitrogens with two attached hydrogens (primary N) is 1. The Morgan fingerprint density at radius 3 is 2.78 bits per heavy atom. The summed E-state index contributed by atoms with van der Waals surface area (Å²) in [6, 6.07) is 0. The van der Waals surface area contributed by atoms with Crippen molar-refractivity contribution in [1.82, 2.24) is 14.8 Å². The van der Waals surface area contributed by atoms with Crippen molar-refractivity contribution < 1.29 is 25.3 Å². The first-order valence-electron chi connectivity index (χ1n) is 5.10. The number of rotatable bonds is 3. The minimum Gasteiger partial charge on any atom is -0.409 e. The number of hydrogen-bond donors (Lipinski definition) is 5. The van der Waals surface area contributed by atoms with Gasteiger partial charge in [0.05, 0.1) is 6.61 Å². The summed E-state index contributed by atoms with van der Waals surface area (Å²) in [5.74, 6) is -0.337. The SMILES string of the molecule is N/C(=N\O)c1ncn(C2OC(CO)C(O)C2O)n1. The Labute approximate surface area is 101 Å². The van der Waals surface area contributed by atoms with E-state index < -0.39 is 31.1 Å². The van der Waals surface area contributed by atoms with E-state index in [-0.39, 0.29) is 11.7 Å². The third-order valence-electron chi connectivity index (χ3n) is 2.62. The molecule has 1 aromatic rings. The molecule has 2 heterocycles. The first kappa shape index (κ1) is 12.7. The second-order valence-corrected chi connectivity index (χ2v) is 3.76. The first-order valence-corrected chi connectivity index (χ1v) is 5.10. The maximum absolute atomic E-state index is 9.73. The summed E-state index contributed by atoms with van der Waals surface area (Å²) in [6.07, 6.45) is -3.18. The second kappa shape index (κ2) is 4.86. The molecule has 0 saturated carbocycles. The lowest BCUT2D eigenvalue weighted by Gasteiger charge is -2.13. The number of nitrogens with zero attached hydrogens (tertiary/aromatic N) is 4. The predicted molar refractivity (Wildman–Crippen MR) is 55.5 cm³/mol. The van der Waals surface area contributed by atoms with E-state index in [1.807, 2.05) is 0 Å². The lowest BCUT2D eigenvalue weighted by molar-refractivity contribution is -0.0588. The molecule has 4 unspecified atom stereocenters. The summed E-state index contributed by atoms with van der Waals surface area (Å²) in [5, 5.41) is 43.2. The summed E-state index contributed by atoms with van der Waals surface area (Å²) < 4.78 is 6.34. The van der Waals surface area contributed by atoms with E-state index in [1.165, 1.54) is 6.33 Å². The van der Waals surface area contributed by atoms with E-state index in [2.05, 4.69) is 15.2 Å². The van der Waals surface area contributed by atoms with Gasteiger partial charge in [-0.2, -0.15) is 0 Å². The van der Waals surface area contributed by atoms with E-state index in [0.29, 0.717) is 0 Å². The first-order chi connectivity index (χ1) is 8.58. The molecule has 0 bridgehead atoms. The van der Waals surface area contributed by atoms with Crippen LogP contribution >= 0.6 is 0 Å². The highest BCUT2D eigenvalue weighted by Crippen LogP contribution is 2.28. The van der Waals surface area contributed by atoms with E-state index in [4.69, 9.17) is 20.8 Å². The Hall–Kier alpha value is -1.75. The normalized spacial score (nSPS) is 32.9. The Kier molecular flexibility index (Phi) is 3.43. The summed E-state index contributed by atoms with van der Waals surface area (Å²) in [4.78, 5) is 3.74. The Balaban J connectivity index is 2.20. The van der Waals surface area contributed by atoms with Gasteiger partial charge in [-0.3, -0.25) is 0 Å². The van der Waals surface area contributed by atoms with Crippen LogP contribution in [0.15, 0.2) is 11.5 Å². The van der Waals surface area contributed by atoms with Crippen molar-refractivity contribution in [2.75, 3.05) is 6.61 Å². The molecule has 0 aromatic carbocycles. The molecule has 1 aliphatic rings. The number of oxime groups is 1. The van der Waals surface area contributed by atoms with Crippen molar-refractivity contribution in [1.29, 1.82) is 0 Å². The highest BCUT2D eigenvalue weighted by atomic mass is 16.6. The topological polar surface area (TPSA) is 159 Å². The molecule has 1 aromatic heterocycles. The molecular formula is C8H13N5O5. The summed E-state index contributed by atoms with van der Waals surface area (Å²) in [5.41, 5.74) is 5.29. The van der Waals surface area contributed by atoms with Crippen molar-refractivity contribution in [2.45, 2.75) is 24.5 Å². The van der Waals surface area contributed by atoms with Gasteiger partial charge in [-0.15, -0.1) is 5.10 Å². The van der Waals surface area contributed by atoms with Gasteiger partial charge in [0.1, 0.15) is 24.6 Å². The molecule has 0 spiro atoms. The zero-order valence-corrected chi connectivity index (χ0v) is 9.16. The zero-order chi connectivity index (χ0) is 13.3. The summed E-state index contributed by atoms with van der Waals surface area (Å²) in [7, 11) is 0. The second-order valence-electron chi connectivity index (χ2n) is 3.76. The van der Waals surface area contributed by atoms with Gasteiger partial charge in [0.25, 0.3) is 0 Å². The molecule has 1 fully saturated rings. The van der Waals surface area contributed by atoms with Gasteiger partial charge in [0.2, 0.25) is 11.7 Å². The van der Waals surface area contributed by atoms with Crippen LogP contribution in [0.2, 0.25) is 0 Å². The fourth-order valence-electron chi connectivity index (χ4n) is 1.66. The molecule has 1 saturated heterocycles. The highest BCUT2D eigenvalue weighted by molar-refractivity contribution is 5.93. The van der Waals surface area contributed by atoms with Crippen LogP contribution in [0.25, 0.3) is 0 Å². The number of amidine groups is 1. The van der Waals surface area contributed by atoms with Gasteiger partial charge in [-0.25, -0.2) is 9.67 Å². The van der Waals surface area contributed by atoms with Crippen LogP contribution in [0.4, 0.5) is 0 Å². The molecule has 6 N–H and O–H groups in total. The lowest BCUT2D eigenvalue weighted by Crippen LogP contribution is -2.33. The molecule has 10 heteroatoms. The Morgan fingerprint density at radius 2 is 2.22 bits per heavy atom. The van der Waals surface area contributed by atoms with Crippen molar-refractivity contribution in [3.63, 3.8) is 0 Å². The minimum atomic E-state index is -1.26. The fourth-order valence-corrected chi connectivity index (χ4v) is 1.66. The minimum absolute atomic E-state index is 0.0461. The molecule has 0 aliphatic carbocycles. The van der Waals surface area contributed by atoms with Crippen LogP contribution in [0, 0.1) is 0 Å². The maximum atomic E-state index is 9.73. The van der Waals surface area contributed by atoms with Gasteiger partial charge < -0.3 is 31.0 Å². The monoisotopic (exact) mass is 259 g/mol. The third kappa shape index (κ3) is 2.01. The van der Waals surface area contributed by atoms with Crippen LogP contribution in [0.5, 0.6) is 0 Å². The van der Waals surface area contributed by atoms with Crippen molar-refractivity contribution in [3.8, 4) is 0 Å². The molecule has 10 nitrogen and oxygen atoms in total. The molecular weight excluding hydrogens is 246 g/mol. The van der Waals surface area contributed by atoms with Crippen molar-refractivity contribution in [2.24, 2.45) is 10.9 Å². The summed E-state index contributed by atoms with van der Waals surface area (Å²) >= 11 is 0. The fraction of sp³-hybridized carbons (Fsp3) is 0.625. The molecule has 18 heavy (non-hydrogen) atoms. The van der Waals surface area contributed by atoms with E-state index in [1.54, 1.807) is 0 Å². The van der Waals surface area contributed by atoms with Crippen molar-refractivity contribution in [3.05, 3.63) is 12.2 Å². The number of aliphatic hydroxyl groups is 3. The quantitative estimate of drug-likeness (QED) is 0.166. The zero-order valence-electron chi connectivity index (χ0n) is 9.16. The van der Waals surface area contributed by atoms with Gasteiger partial charge in [0, 0.05) is 0 Å². The van der Waals surface area contributed by atoms with Gasteiger partial charge >= 0.3 is 0 Å². The predicted octanol–water partition coefficient (Wildman–Crippen LogP) is -3.02. The van der Waals surface area contributed by atoms with Crippen LogP contribution in [0.3, 0.4) is 0 Å². The van der Waals surface area contributed by atoms with E-state index in [9.17, 15) is 10.2 Å². The van der Waals surface area contributed by atoms with Crippen LogP contribution < -0.4 is 5.73 Å². The molecule has 100 valence electrons. The highest BCUT2D eigenvalue weighted by Gasteiger charge is 2.43. The van der Waals surface area contributed by atoms with Gasteiger partial charge in [-0.05, 0) is 0 Å². The van der Waals surface area contributed by atoms with Crippen molar-refractivity contribution >= 4 is 5.84 Å². The number of ether oxygens (including phenoxy) is 1. The Bertz CT molecular complexity index is 449. The lowest BCUT2D eigenvalue weighted by atomic mass is 10.1. The maximum Gasteiger partial charge on any atom is 0.219 e. The molecule has 2 rings (SSSR count). The van der Waals surface area contributed by atoms with E-state index in [0.717, 1.165) is 4.68 Å².